The first-order valence-electron chi connectivity index (χ1n) is 27.6. The molecule has 6 heteroatoms. The summed E-state index contributed by atoms with van der Waals surface area (Å²) in [5.41, 5.74) is 0. The van der Waals surface area contributed by atoms with Gasteiger partial charge in [-0.3, -0.25) is 9.59 Å². The summed E-state index contributed by atoms with van der Waals surface area (Å²) in [5.74, 6) is 1.82. The number of rotatable bonds is 48. The molecule has 61 heavy (non-hydrogen) atoms. The van der Waals surface area contributed by atoms with E-state index in [0.29, 0.717) is 43.8 Å². The molecule has 6 nitrogen and oxygen atoms in total. The van der Waals surface area contributed by atoms with Crippen molar-refractivity contribution in [2.45, 2.75) is 278 Å². The van der Waals surface area contributed by atoms with Crippen LogP contribution in [0.2, 0.25) is 0 Å². The molecule has 0 atom stereocenters. The summed E-state index contributed by atoms with van der Waals surface area (Å²) in [6.07, 6.45) is 47.9. The van der Waals surface area contributed by atoms with Crippen molar-refractivity contribution in [2.24, 2.45) is 17.8 Å². The molecule has 1 fully saturated rings. The smallest absolute Gasteiger partial charge is 0.306 e. The highest BCUT2D eigenvalue weighted by atomic mass is 16.5. The van der Waals surface area contributed by atoms with E-state index < -0.39 is 0 Å². The van der Waals surface area contributed by atoms with Crippen LogP contribution in [0.3, 0.4) is 0 Å². The predicted octanol–water partition coefficient (Wildman–Crippen LogP) is 16.5. The second-order valence-corrected chi connectivity index (χ2v) is 19.6. The van der Waals surface area contributed by atoms with Gasteiger partial charge in [0.05, 0.1) is 13.2 Å². The summed E-state index contributed by atoms with van der Waals surface area (Å²) in [5, 5.41) is 0. The van der Waals surface area contributed by atoms with E-state index in [-0.39, 0.29) is 11.9 Å². The molecule has 1 heterocycles. The number of ether oxygens (including phenoxy) is 3. The molecule has 362 valence electrons. The highest BCUT2D eigenvalue weighted by molar-refractivity contribution is 5.70. The van der Waals surface area contributed by atoms with Gasteiger partial charge < -0.3 is 19.1 Å². The van der Waals surface area contributed by atoms with Gasteiger partial charge in [-0.05, 0) is 101 Å². The molecule has 0 aromatic carbocycles. The van der Waals surface area contributed by atoms with E-state index in [0.717, 1.165) is 26.1 Å². The first-order valence-corrected chi connectivity index (χ1v) is 27.6. The lowest BCUT2D eigenvalue weighted by Crippen LogP contribution is -2.22. The lowest BCUT2D eigenvalue weighted by atomic mass is 9.92. The molecule has 0 aliphatic carbocycles. The number of hydrogen-bond donors (Lipinski definition) is 0. The van der Waals surface area contributed by atoms with E-state index in [4.69, 9.17) is 14.2 Å². The number of unbranched alkanes of at least 4 members (excludes halogenated alkanes) is 22. The molecule has 1 rings (SSSR count). The minimum absolute atomic E-state index is 0.0389. The molecule has 0 spiro atoms. The lowest BCUT2D eigenvalue weighted by molar-refractivity contribution is -0.146. The van der Waals surface area contributed by atoms with Crippen LogP contribution >= 0.6 is 0 Å². The van der Waals surface area contributed by atoms with E-state index in [1.807, 2.05) is 0 Å². The zero-order chi connectivity index (χ0) is 44.1. The number of carbonyl (C=O) groups excluding carboxylic acids is 2. The Kier molecular flexibility index (Phi) is 43.1. The Morgan fingerprint density at radius 2 is 0.721 bits per heavy atom. The number of esters is 2. The van der Waals surface area contributed by atoms with Crippen molar-refractivity contribution in [1.29, 1.82) is 0 Å². The summed E-state index contributed by atoms with van der Waals surface area (Å²) in [7, 11) is 0. The third-order valence-corrected chi connectivity index (χ3v) is 13.6. The highest BCUT2D eigenvalue weighted by Crippen LogP contribution is 2.24. The van der Waals surface area contributed by atoms with Gasteiger partial charge in [0, 0.05) is 32.6 Å². The predicted molar refractivity (Wildman–Crippen MR) is 262 cm³/mol. The molecule has 0 saturated carbocycles. The first-order chi connectivity index (χ1) is 30.0. The van der Waals surface area contributed by atoms with Gasteiger partial charge in [-0.2, -0.15) is 0 Å². The van der Waals surface area contributed by atoms with Crippen molar-refractivity contribution in [3.8, 4) is 0 Å². The summed E-state index contributed by atoms with van der Waals surface area (Å²) in [6.45, 7) is 15.9. The van der Waals surface area contributed by atoms with E-state index in [2.05, 4.69) is 32.6 Å². The van der Waals surface area contributed by atoms with Gasteiger partial charge in [0.1, 0.15) is 0 Å². The average Bonchev–Trinajstić information content (AvgIpc) is 3.78. The van der Waals surface area contributed by atoms with E-state index in [1.165, 1.54) is 244 Å². The van der Waals surface area contributed by atoms with Gasteiger partial charge in [0.15, 0.2) is 0 Å². The largest absolute Gasteiger partial charge is 0.466 e. The van der Waals surface area contributed by atoms with Crippen molar-refractivity contribution < 1.29 is 23.8 Å². The van der Waals surface area contributed by atoms with Crippen LogP contribution in [0.1, 0.15) is 278 Å². The average molecular weight is 862 g/mol. The number of carbonyl (C=O) groups is 2. The Morgan fingerprint density at radius 1 is 0.393 bits per heavy atom. The maximum absolute atomic E-state index is 12.5. The molecule has 0 bridgehead atoms. The summed E-state index contributed by atoms with van der Waals surface area (Å²) < 4.78 is 17.6. The fourth-order valence-electron chi connectivity index (χ4n) is 9.54. The van der Waals surface area contributed by atoms with Crippen LogP contribution in [0.25, 0.3) is 0 Å². The van der Waals surface area contributed by atoms with Gasteiger partial charge >= 0.3 is 11.9 Å². The Morgan fingerprint density at radius 3 is 1.10 bits per heavy atom. The molecule has 0 aromatic heterocycles. The van der Waals surface area contributed by atoms with Crippen molar-refractivity contribution >= 4 is 11.9 Å². The first kappa shape index (κ1) is 57.9. The standard InChI is InChI=1S/C55H107NO5/c1-5-9-25-36-51(37-26-10-6-2)48-54(57)60-46-33-23-19-15-13-17-21-29-40-53(50-59-45-35-44-56-42-31-32-43-56)41-30-22-18-14-16-20-24-34-47-61-55(58)49-52(38-27-11-7-3)39-28-12-8-4/h51-53H,5-50H2,1-4H3. The topological polar surface area (TPSA) is 65.1 Å². The Balaban J connectivity index is 2.17. The third kappa shape index (κ3) is 39.0. The minimum Gasteiger partial charge on any atom is -0.466 e. The Hall–Kier alpha value is -1.14. The van der Waals surface area contributed by atoms with Crippen LogP contribution in [0.4, 0.5) is 0 Å². The van der Waals surface area contributed by atoms with E-state index >= 15 is 0 Å². The molecular weight excluding hydrogens is 755 g/mol. The van der Waals surface area contributed by atoms with Crippen LogP contribution in [0, 0.1) is 17.8 Å². The Bertz CT molecular complexity index is 842. The van der Waals surface area contributed by atoms with Gasteiger partial charge in [-0.15, -0.1) is 0 Å². The maximum atomic E-state index is 12.5. The SMILES string of the molecule is CCCCCC(CCCCC)CC(=O)OCCCCCCCCCCC(CCCCCCCCCCOC(=O)CC(CCCCC)CCCCC)COCCCN1CCCC1. The van der Waals surface area contributed by atoms with Crippen molar-refractivity contribution in [3.63, 3.8) is 0 Å². The van der Waals surface area contributed by atoms with Crippen molar-refractivity contribution in [3.05, 3.63) is 0 Å². The number of nitrogens with zero attached hydrogens (tertiary/aromatic N) is 1. The Labute approximate surface area is 381 Å². The summed E-state index contributed by atoms with van der Waals surface area (Å²) in [4.78, 5) is 27.7. The van der Waals surface area contributed by atoms with E-state index in [1.54, 1.807) is 0 Å². The van der Waals surface area contributed by atoms with Crippen LogP contribution in [-0.4, -0.2) is 62.9 Å². The second kappa shape index (κ2) is 45.4. The fraction of sp³-hybridized carbons (Fsp3) is 0.964. The quantitative estimate of drug-likeness (QED) is 0.0448. The third-order valence-electron chi connectivity index (χ3n) is 13.6. The van der Waals surface area contributed by atoms with Crippen molar-refractivity contribution in [1.82, 2.24) is 4.90 Å². The van der Waals surface area contributed by atoms with Crippen LogP contribution in [-0.2, 0) is 23.8 Å². The zero-order valence-corrected chi connectivity index (χ0v) is 41.7. The molecule has 1 aliphatic rings. The fourth-order valence-corrected chi connectivity index (χ4v) is 9.54. The maximum Gasteiger partial charge on any atom is 0.306 e. The molecule has 1 aliphatic heterocycles. The summed E-state index contributed by atoms with van der Waals surface area (Å²) >= 11 is 0. The molecule has 0 amide bonds. The molecule has 0 aromatic rings. The monoisotopic (exact) mass is 862 g/mol. The second-order valence-electron chi connectivity index (χ2n) is 19.6. The molecule has 0 unspecified atom stereocenters. The van der Waals surface area contributed by atoms with Crippen molar-refractivity contribution in [2.75, 3.05) is 46.1 Å². The molecule has 0 radical (unpaired) electrons. The molecule has 1 saturated heterocycles. The lowest BCUT2D eigenvalue weighted by Gasteiger charge is -2.18. The van der Waals surface area contributed by atoms with E-state index in [9.17, 15) is 9.59 Å². The van der Waals surface area contributed by atoms with Gasteiger partial charge in [-0.1, -0.05) is 195 Å². The van der Waals surface area contributed by atoms with Crippen LogP contribution in [0.5, 0.6) is 0 Å². The summed E-state index contributed by atoms with van der Waals surface area (Å²) in [6, 6.07) is 0. The minimum atomic E-state index is 0.0389. The van der Waals surface area contributed by atoms with Crippen LogP contribution in [0.15, 0.2) is 0 Å². The number of likely N-dealkylation sites (tertiary alicyclic amines) is 1. The van der Waals surface area contributed by atoms with Gasteiger partial charge in [0.2, 0.25) is 0 Å². The molecule has 0 N–H and O–H groups in total. The van der Waals surface area contributed by atoms with Gasteiger partial charge in [-0.25, -0.2) is 0 Å². The van der Waals surface area contributed by atoms with Crippen LogP contribution < -0.4 is 0 Å². The number of hydrogen-bond acceptors (Lipinski definition) is 6. The normalized spacial score (nSPS) is 13.4. The van der Waals surface area contributed by atoms with Gasteiger partial charge in [0.25, 0.3) is 0 Å². The molecular formula is C55H107NO5. The zero-order valence-electron chi connectivity index (χ0n) is 41.7. The highest BCUT2D eigenvalue weighted by Gasteiger charge is 2.17.